The molecule has 0 spiro atoms. The average Bonchev–Trinajstić information content (AvgIpc) is 3.42. The van der Waals surface area contributed by atoms with Crippen molar-refractivity contribution in [3.05, 3.63) is 72.6 Å². The van der Waals surface area contributed by atoms with E-state index in [1.807, 2.05) is 35.5 Å². The summed E-state index contributed by atoms with van der Waals surface area (Å²) in [5.41, 5.74) is 3.22. The minimum atomic E-state index is 0.423. The van der Waals surface area contributed by atoms with E-state index in [0.29, 0.717) is 17.9 Å². The van der Waals surface area contributed by atoms with Crippen molar-refractivity contribution in [2.45, 2.75) is 19.0 Å². The molecule has 12 heteroatoms. The molecule has 0 bridgehead atoms. The van der Waals surface area contributed by atoms with Gasteiger partial charge in [-0.25, -0.2) is 19.9 Å². The fourth-order valence-electron chi connectivity index (χ4n) is 4.98. The molecule has 202 valence electrons. The second-order valence-electron chi connectivity index (χ2n) is 10.1. The van der Waals surface area contributed by atoms with Gasteiger partial charge in [0, 0.05) is 76.9 Å². The summed E-state index contributed by atoms with van der Waals surface area (Å²) < 4.78 is 1.97. The smallest absolute Gasteiger partial charge is 0.232 e. The van der Waals surface area contributed by atoms with Crippen molar-refractivity contribution in [1.82, 2.24) is 44.9 Å². The number of rotatable bonds is 8. The molecule has 0 amide bonds. The van der Waals surface area contributed by atoms with Crippen LogP contribution in [0.2, 0.25) is 0 Å². The number of hydrogen-bond acceptors (Lipinski definition) is 11. The van der Waals surface area contributed by atoms with E-state index in [1.165, 1.54) is 5.56 Å². The molecular weight excluding hydrogens is 492 g/mol. The molecule has 2 N–H and O–H groups in total. The first-order chi connectivity index (χ1) is 19.2. The predicted octanol–water partition coefficient (Wildman–Crippen LogP) is 1.42. The third-order valence-corrected chi connectivity index (χ3v) is 7.28. The number of nitrogens with one attached hydrogen (secondary N) is 2. The maximum absolute atomic E-state index is 4.67. The van der Waals surface area contributed by atoms with E-state index in [-0.39, 0.29) is 0 Å². The van der Waals surface area contributed by atoms with Crippen molar-refractivity contribution in [3.8, 4) is 0 Å². The van der Waals surface area contributed by atoms with Crippen molar-refractivity contribution >= 4 is 23.5 Å². The highest BCUT2D eigenvalue weighted by Crippen LogP contribution is 2.18. The number of benzene rings is 1. The van der Waals surface area contributed by atoms with Crippen LogP contribution in [0, 0.1) is 0 Å². The van der Waals surface area contributed by atoms with Crippen molar-refractivity contribution in [2.75, 3.05) is 68.0 Å². The fourth-order valence-corrected chi connectivity index (χ4v) is 4.98. The van der Waals surface area contributed by atoms with Crippen LogP contribution in [0.3, 0.4) is 0 Å². The molecule has 0 aliphatic carbocycles. The lowest BCUT2D eigenvalue weighted by Gasteiger charge is -2.34. The Balaban J connectivity index is 1.02. The maximum Gasteiger partial charge on any atom is 0.232 e. The number of aromatic nitrogens is 7. The van der Waals surface area contributed by atoms with Crippen LogP contribution in [-0.4, -0.2) is 98.5 Å². The van der Waals surface area contributed by atoms with Gasteiger partial charge in [-0.15, -0.1) is 0 Å². The highest BCUT2D eigenvalue weighted by molar-refractivity contribution is 5.51. The van der Waals surface area contributed by atoms with Gasteiger partial charge in [0.15, 0.2) is 0 Å². The molecule has 12 nitrogen and oxygen atoms in total. The second kappa shape index (κ2) is 11.7. The summed E-state index contributed by atoms with van der Waals surface area (Å²) in [5, 5.41) is 11.2. The summed E-state index contributed by atoms with van der Waals surface area (Å²) in [6.45, 7) is 7.03. The zero-order chi connectivity index (χ0) is 26.4. The molecule has 3 aromatic heterocycles. The van der Waals surface area contributed by atoms with Crippen molar-refractivity contribution in [2.24, 2.45) is 0 Å². The van der Waals surface area contributed by atoms with Crippen LogP contribution in [0.4, 0.5) is 23.5 Å². The molecule has 2 aliphatic heterocycles. The van der Waals surface area contributed by atoms with Gasteiger partial charge in [0.1, 0.15) is 6.33 Å². The molecule has 4 aromatic rings. The van der Waals surface area contributed by atoms with Gasteiger partial charge in [-0.05, 0) is 18.2 Å². The lowest BCUT2D eigenvalue weighted by Crippen LogP contribution is -2.51. The summed E-state index contributed by atoms with van der Waals surface area (Å²) in [4.78, 5) is 29.4. The largest absolute Gasteiger partial charge is 0.337 e. The van der Waals surface area contributed by atoms with Crippen molar-refractivity contribution in [3.63, 3.8) is 0 Å². The van der Waals surface area contributed by atoms with Crippen LogP contribution < -0.4 is 20.4 Å². The van der Waals surface area contributed by atoms with Gasteiger partial charge < -0.3 is 20.4 Å². The van der Waals surface area contributed by atoms with Crippen molar-refractivity contribution < 1.29 is 0 Å². The Morgan fingerprint density at radius 1 is 0.872 bits per heavy atom. The summed E-state index contributed by atoms with van der Waals surface area (Å²) in [7, 11) is 2.16. The Bertz CT molecular complexity index is 1330. The molecule has 2 fully saturated rings. The van der Waals surface area contributed by atoms with E-state index in [9.17, 15) is 0 Å². The highest BCUT2D eigenvalue weighted by atomic mass is 15.4. The second-order valence-corrected chi connectivity index (χ2v) is 10.1. The first-order valence-electron chi connectivity index (χ1n) is 13.4. The van der Waals surface area contributed by atoms with Crippen LogP contribution in [0.5, 0.6) is 0 Å². The first kappa shape index (κ1) is 25.1. The van der Waals surface area contributed by atoms with Gasteiger partial charge in [-0.3, -0.25) is 9.58 Å². The molecular formula is C27H34N12. The minimum absolute atomic E-state index is 0.423. The van der Waals surface area contributed by atoms with E-state index in [4.69, 9.17) is 0 Å². The van der Waals surface area contributed by atoms with E-state index in [1.54, 1.807) is 6.33 Å². The molecule has 6 rings (SSSR count). The molecule has 5 heterocycles. The number of piperazine rings is 2. The van der Waals surface area contributed by atoms with Gasteiger partial charge in [0.2, 0.25) is 17.8 Å². The first-order valence-corrected chi connectivity index (χ1v) is 13.4. The fraction of sp³-hybridized carbons (Fsp3) is 0.407. The zero-order valence-corrected chi connectivity index (χ0v) is 22.2. The molecule has 1 aromatic carbocycles. The highest BCUT2D eigenvalue weighted by Gasteiger charge is 2.22. The molecule has 2 aliphatic rings. The van der Waals surface area contributed by atoms with E-state index >= 15 is 0 Å². The zero-order valence-electron chi connectivity index (χ0n) is 22.2. The quantitative estimate of drug-likeness (QED) is 0.347. The third kappa shape index (κ3) is 6.29. The van der Waals surface area contributed by atoms with Crippen LogP contribution in [0.25, 0.3) is 0 Å². The number of nitrogens with zero attached hydrogens (tertiary/aromatic N) is 10. The van der Waals surface area contributed by atoms with Crippen LogP contribution >= 0.6 is 0 Å². The lowest BCUT2D eigenvalue weighted by molar-refractivity contribution is 0.177. The summed E-state index contributed by atoms with van der Waals surface area (Å²) in [6.07, 6.45) is 10.1. The standard InChI is InChI=1S/C27H34N12/c1-36-8-7-28-17-24(36)19-39-18-23(16-33-39)34-25-31-20-32-27(35-25)38-11-9-37(10-12-38)26-29-14-22(15-30-26)13-21-5-3-2-4-6-21/h2-6,14-16,18,20,24,28H,7-13,17,19H2,1H3,(H,31,32,34,35). The van der Waals surface area contributed by atoms with Gasteiger partial charge in [0.05, 0.1) is 18.4 Å². The monoisotopic (exact) mass is 526 g/mol. The van der Waals surface area contributed by atoms with Gasteiger partial charge >= 0.3 is 0 Å². The van der Waals surface area contributed by atoms with E-state index < -0.39 is 0 Å². The lowest BCUT2D eigenvalue weighted by atomic mass is 10.1. The molecule has 0 radical (unpaired) electrons. The molecule has 39 heavy (non-hydrogen) atoms. The Hall–Kier alpha value is -4.16. The summed E-state index contributed by atoms with van der Waals surface area (Å²) in [6, 6.07) is 10.8. The predicted molar refractivity (Wildman–Crippen MR) is 150 cm³/mol. The molecule has 1 atom stereocenters. The third-order valence-electron chi connectivity index (χ3n) is 7.28. The number of likely N-dealkylation sites (N-methyl/N-ethyl adjacent to an activating group) is 1. The summed E-state index contributed by atoms with van der Waals surface area (Å²) >= 11 is 0. The van der Waals surface area contributed by atoms with Gasteiger partial charge in [-0.2, -0.15) is 10.1 Å². The Morgan fingerprint density at radius 3 is 2.41 bits per heavy atom. The normalized spacial score (nSPS) is 18.3. The Morgan fingerprint density at radius 2 is 1.64 bits per heavy atom. The van der Waals surface area contributed by atoms with E-state index in [0.717, 1.165) is 76.0 Å². The van der Waals surface area contributed by atoms with Gasteiger partial charge in [0.25, 0.3) is 0 Å². The average molecular weight is 527 g/mol. The van der Waals surface area contributed by atoms with Crippen molar-refractivity contribution in [1.29, 1.82) is 0 Å². The van der Waals surface area contributed by atoms with Crippen LogP contribution in [0.1, 0.15) is 11.1 Å². The summed E-state index contributed by atoms with van der Waals surface area (Å²) in [5.74, 6) is 1.93. The molecule has 0 saturated carbocycles. The molecule has 2 saturated heterocycles. The SMILES string of the molecule is CN1CCNCC1Cn1cc(Nc2ncnc(N3CCN(c4ncc(Cc5ccccc5)cn4)CC3)n2)cn1. The minimum Gasteiger partial charge on any atom is -0.337 e. The van der Waals surface area contributed by atoms with E-state index in [2.05, 4.69) is 86.7 Å². The van der Waals surface area contributed by atoms with Crippen LogP contribution in [0.15, 0.2) is 61.4 Å². The Labute approximate surface area is 228 Å². The van der Waals surface area contributed by atoms with Crippen LogP contribution in [-0.2, 0) is 13.0 Å². The maximum atomic E-state index is 4.67. The molecule has 1 unspecified atom stereocenters. The Kier molecular flexibility index (Phi) is 7.54. The topological polar surface area (TPSA) is 116 Å². The van der Waals surface area contributed by atoms with Gasteiger partial charge in [-0.1, -0.05) is 30.3 Å². The number of hydrogen-bond donors (Lipinski definition) is 2. The number of anilines is 4.